The third-order valence-electron chi connectivity index (χ3n) is 3.31. The maximum absolute atomic E-state index is 12.2. The van der Waals surface area contributed by atoms with Crippen molar-refractivity contribution in [2.75, 3.05) is 6.54 Å². The predicted molar refractivity (Wildman–Crippen MR) is 86.0 cm³/mol. The number of hydrogen-bond donors (Lipinski definition) is 2. The van der Waals surface area contributed by atoms with Gasteiger partial charge in [0, 0.05) is 23.1 Å². The van der Waals surface area contributed by atoms with Crippen molar-refractivity contribution in [2.45, 2.75) is 20.8 Å². The van der Waals surface area contributed by atoms with Crippen molar-refractivity contribution in [3.63, 3.8) is 0 Å². The summed E-state index contributed by atoms with van der Waals surface area (Å²) in [6, 6.07) is 7.15. The van der Waals surface area contributed by atoms with Gasteiger partial charge in [0.15, 0.2) is 0 Å². The minimum absolute atomic E-state index is 0.0706. The Balaban J connectivity index is 2.13. The summed E-state index contributed by atoms with van der Waals surface area (Å²) in [7, 11) is 0. The van der Waals surface area contributed by atoms with Crippen LogP contribution in [0.1, 0.15) is 29.2 Å². The summed E-state index contributed by atoms with van der Waals surface area (Å²) in [5.74, 6) is -1.23. The van der Waals surface area contributed by atoms with Gasteiger partial charge in [0.25, 0.3) is 5.91 Å². The van der Waals surface area contributed by atoms with Crippen molar-refractivity contribution in [1.29, 1.82) is 0 Å². The van der Waals surface area contributed by atoms with Gasteiger partial charge in [-0.2, -0.15) is 0 Å². The highest BCUT2D eigenvalue weighted by atomic mass is 32.1. The Labute approximate surface area is 133 Å². The van der Waals surface area contributed by atoms with Crippen LogP contribution in [0.15, 0.2) is 29.6 Å². The van der Waals surface area contributed by atoms with Gasteiger partial charge in [0.1, 0.15) is 0 Å². The van der Waals surface area contributed by atoms with Gasteiger partial charge in [0.05, 0.1) is 16.1 Å². The summed E-state index contributed by atoms with van der Waals surface area (Å²) in [5.41, 5.74) is 1.20. The fourth-order valence-electron chi connectivity index (χ4n) is 1.79. The molecule has 6 heteroatoms. The monoisotopic (exact) mass is 318 g/mol. The van der Waals surface area contributed by atoms with E-state index in [0.29, 0.717) is 5.56 Å². The third kappa shape index (κ3) is 3.71. The Bertz CT molecular complexity index is 707. The molecule has 0 radical (unpaired) electrons. The minimum atomic E-state index is -1.00. The number of thiazole rings is 1. The highest BCUT2D eigenvalue weighted by molar-refractivity contribution is 7.09. The van der Waals surface area contributed by atoms with Gasteiger partial charge in [-0.15, -0.1) is 11.3 Å². The molecule has 0 saturated heterocycles. The van der Waals surface area contributed by atoms with Gasteiger partial charge in [-0.25, -0.2) is 4.98 Å². The highest BCUT2D eigenvalue weighted by Crippen LogP contribution is 2.22. The first-order chi connectivity index (χ1) is 10.3. The zero-order valence-electron chi connectivity index (χ0n) is 12.7. The molecule has 0 fully saturated rings. The lowest BCUT2D eigenvalue weighted by atomic mass is 9.94. The molecule has 2 N–H and O–H groups in total. The lowest BCUT2D eigenvalue weighted by Crippen LogP contribution is -2.38. The Morgan fingerprint density at radius 2 is 2.09 bits per heavy atom. The van der Waals surface area contributed by atoms with E-state index < -0.39 is 11.4 Å². The van der Waals surface area contributed by atoms with Gasteiger partial charge in [0.2, 0.25) is 0 Å². The van der Waals surface area contributed by atoms with Crippen molar-refractivity contribution in [3.8, 4) is 11.3 Å². The van der Waals surface area contributed by atoms with Crippen LogP contribution in [-0.2, 0) is 4.79 Å². The molecule has 0 atom stereocenters. The Kier molecular flexibility index (Phi) is 4.61. The van der Waals surface area contributed by atoms with E-state index in [2.05, 4.69) is 10.3 Å². The molecule has 0 aliphatic rings. The molecule has 0 saturated carbocycles. The molecule has 0 unspecified atom stereocenters. The van der Waals surface area contributed by atoms with Crippen LogP contribution in [0.5, 0.6) is 0 Å². The van der Waals surface area contributed by atoms with E-state index in [9.17, 15) is 9.59 Å². The topological polar surface area (TPSA) is 79.3 Å². The molecule has 2 rings (SSSR count). The van der Waals surface area contributed by atoms with E-state index in [1.165, 1.54) is 0 Å². The summed E-state index contributed by atoms with van der Waals surface area (Å²) in [6.07, 6.45) is 0. The number of carbonyl (C=O) groups is 2. The molecule has 116 valence electrons. The molecule has 1 aromatic carbocycles. The number of carbonyl (C=O) groups excluding carboxylic acids is 1. The molecule has 1 heterocycles. The smallest absolute Gasteiger partial charge is 0.310 e. The molecule has 1 amide bonds. The van der Waals surface area contributed by atoms with Crippen molar-refractivity contribution in [2.24, 2.45) is 5.41 Å². The van der Waals surface area contributed by atoms with Crippen LogP contribution >= 0.6 is 11.3 Å². The van der Waals surface area contributed by atoms with Crippen LogP contribution in [0.3, 0.4) is 0 Å². The molecule has 0 spiro atoms. The summed E-state index contributed by atoms with van der Waals surface area (Å²) in [6.45, 7) is 5.15. The van der Waals surface area contributed by atoms with Gasteiger partial charge in [-0.1, -0.05) is 12.1 Å². The first-order valence-corrected chi connectivity index (χ1v) is 7.72. The number of rotatable bonds is 5. The van der Waals surface area contributed by atoms with Crippen LogP contribution in [-0.4, -0.2) is 28.5 Å². The third-order valence-corrected chi connectivity index (χ3v) is 4.08. The molecular formula is C16H18N2O3S. The van der Waals surface area contributed by atoms with Gasteiger partial charge < -0.3 is 10.4 Å². The highest BCUT2D eigenvalue weighted by Gasteiger charge is 2.27. The van der Waals surface area contributed by atoms with E-state index in [0.717, 1.165) is 16.3 Å². The second-order valence-electron chi connectivity index (χ2n) is 5.70. The molecule has 0 aliphatic carbocycles. The van der Waals surface area contributed by atoms with E-state index in [4.69, 9.17) is 5.11 Å². The SMILES string of the molecule is Cc1nc(-c2cccc(C(=O)NCC(C)(C)C(=O)O)c2)cs1. The Morgan fingerprint density at radius 3 is 2.68 bits per heavy atom. The number of nitrogens with zero attached hydrogens (tertiary/aromatic N) is 1. The van der Waals surface area contributed by atoms with Crippen LogP contribution in [0.2, 0.25) is 0 Å². The van der Waals surface area contributed by atoms with Crippen LogP contribution in [0.25, 0.3) is 11.3 Å². The number of amides is 1. The minimum Gasteiger partial charge on any atom is -0.481 e. The van der Waals surface area contributed by atoms with Gasteiger partial charge in [-0.05, 0) is 32.9 Å². The number of carboxylic acid groups (broad SMARTS) is 1. The maximum Gasteiger partial charge on any atom is 0.310 e. The average Bonchev–Trinajstić information content (AvgIpc) is 2.91. The largest absolute Gasteiger partial charge is 0.481 e. The van der Waals surface area contributed by atoms with Gasteiger partial charge in [-0.3, -0.25) is 9.59 Å². The number of aromatic nitrogens is 1. The van der Waals surface area contributed by atoms with E-state index in [1.54, 1.807) is 43.4 Å². The van der Waals surface area contributed by atoms with E-state index in [-0.39, 0.29) is 12.5 Å². The summed E-state index contributed by atoms with van der Waals surface area (Å²) in [5, 5.41) is 14.6. The number of benzene rings is 1. The van der Waals surface area contributed by atoms with Crippen molar-refractivity contribution >= 4 is 23.2 Å². The maximum atomic E-state index is 12.2. The number of aryl methyl sites for hydroxylation is 1. The van der Waals surface area contributed by atoms with Crippen LogP contribution in [0, 0.1) is 12.3 Å². The lowest BCUT2D eigenvalue weighted by molar-refractivity contribution is -0.146. The first kappa shape index (κ1) is 16.2. The quantitative estimate of drug-likeness (QED) is 0.888. The molecule has 2 aromatic rings. The standard InChI is InChI=1S/C16H18N2O3S/c1-10-18-13(8-22-10)11-5-4-6-12(7-11)14(19)17-9-16(2,3)15(20)21/h4-8H,9H2,1-3H3,(H,17,19)(H,20,21). The molecule has 0 bridgehead atoms. The van der Waals surface area contributed by atoms with Crippen LogP contribution in [0.4, 0.5) is 0 Å². The Hall–Kier alpha value is -2.21. The fourth-order valence-corrected chi connectivity index (χ4v) is 2.42. The van der Waals surface area contributed by atoms with Crippen molar-refractivity contribution in [3.05, 3.63) is 40.2 Å². The van der Waals surface area contributed by atoms with Crippen molar-refractivity contribution in [1.82, 2.24) is 10.3 Å². The summed E-state index contributed by atoms with van der Waals surface area (Å²) in [4.78, 5) is 27.6. The van der Waals surface area contributed by atoms with Gasteiger partial charge >= 0.3 is 5.97 Å². The van der Waals surface area contributed by atoms with Crippen LogP contribution < -0.4 is 5.32 Å². The zero-order chi connectivity index (χ0) is 16.3. The number of carboxylic acids is 1. The van der Waals surface area contributed by atoms with E-state index in [1.807, 2.05) is 18.4 Å². The molecule has 5 nitrogen and oxygen atoms in total. The second kappa shape index (κ2) is 6.27. The molecule has 1 aromatic heterocycles. The summed E-state index contributed by atoms with van der Waals surface area (Å²) < 4.78 is 0. The van der Waals surface area contributed by atoms with E-state index >= 15 is 0 Å². The average molecular weight is 318 g/mol. The number of aliphatic carboxylic acids is 1. The summed E-state index contributed by atoms with van der Waals surface area (Å²) >= 11 is 1.55. The fraction of sp³-hybridized carbons (Fsp3) is 0.312. The number of nitrogens with one attached hydrogen (secondary N) is 1. The first-order valence-electron chi connectivity index (χ1n) is 6.84. The molecule has 0 aliphatic heterocycles. The zero-order valence-corrected chi connectivity index (χ0v) is 13.5. The lowest BCUT2D eigenvalue weighted by Gasteiger charge is -2.19. The Morgan fingerprint density at radius 1 is 1.36 bits per heavy atom. The molecular weight excluding hydrogens is 300 g/mol. The van der Waals surface area contributed by atoms with Crippen molar-refractivity contribution < 1.29 is 14.7 Å². The molecule has 22 heavy (non-hydrogen) atoms. The number of hydrogen-bond acceptors (Lipinski definition) is 4. The normalized spacial score (nSPS) is 11.2. The predicted octanol–water partition coefficient (Wildman–Crippen LogP) is 2.96. The second-order valence-corrected chi connectivity index (χ2v) is 6.77.